The molecule has 0 saturated carbocycles. The van der Waals surface area contributed by atoms with Gasteiger partial charge in [-0.05, 0) is 24.5 Å². The van der Waals surface area contributed by atoms with Gasteiger partial charge in [-0.1, -0.05) is 43.3 Å². The average Bonchev–Trinajstić information content (AvgIpc) is 2.38. The fourth-order valence-electron chi connectivity index (χ4n) is 1.62. The first-order chi connectivity index (χ1) is 8.63. The van der Waals surface area contributed by atoms with Gasteiger partial charge in [0.2, 0.25) is 0 Å². The van der Waals surface area contributed by atoms with Gasteiger partial charge in [-0.3, -0.25) is 4.79 Å². The predicted octanol–water partition coefficient (Wildman–Crippen LogP) is 1.88. The maximum absolute atomic E-state index is 11.6. The maximum atomic E-state index is 11.6. The second kappa shape index (κ2) is 7.80. The molecule has 1 aromatic rings. The minimum atomic E-state index is -0.796. The van der Waals surface area contributed by atoms with Crippen LogP contribution in [-0.4, -0.2) is 28.2 Å². The Hall–Kier alpha value is -1.45. The highest BCUT2D eigenvalue weighted by Gasteiger charge is 2.11. The molecule has 0 spiro atoms. The third kappa shape index (κ3) is 5.25. The molecule has 0 amide bonds. The lowest BCUT2D eigenvalue weighted by atomic mass is 10.1. The monoisotopic (exact) mass is 248 g/mol. The highest BCUT2D eigenvalue weighted by molar-refractivity contribution is 5.91. The summed E-state index contributed by atoms with van der Waals surface area (Å²) in [7, 11) is 0. The van der Waals surface area contributed by atoms with Crippen molar-refractivity contribution in [1.82, 2.24) is 0 Å². The van der Waals surface area contributed by atoms with Gasteiger partial charge in [-0.2, -0.15) is 0 Å². The summed E-state index contributed by atoms with van der Waals surface area (Å²) in [5, 5.41) is 18.9. The standard InChI is InChI=1S/C15H20O3/c1-2-14(17)15(18)10-6-9-13(16)11-12-7-4-3-5-8-12/h3-9,14-15,17-18H,2,10-11H2,1H3/b9-6+/t14-,15?/m1/s1. The topological polar surface area (TPSA) is 57.5 Å². The minimum absolute atomic E-state index is 0.000566. The molecule has 18 heavy (non-hydrogen) atoms. The van der Waals surface area contributed by atoms with Crippen molar-refractivity contribution in [2.45, 2.75) is 38.4 Å². The molecule has 0 aliphatic rings. The van der Waals surface area contributed by atoms with Crippen molar-refractivity contribution in [3.63, 3.8) is 0 Å². The Morgan fingerprint density at radius 1 is 1.22 bits per heavy atom. The molecule has 0 aliphatic heterocycles. The van der Waals surface area contributed by atoms with E-state index in [-0.39, 0.29) is 5.78 Å². The number of aliphatic hydroxyl groups is 2. The van der Waals surface area contributed by atoms with Crippen molar-refractivity contribution < 1.29 is 15.0 Å². The van der Waals surface area contributed by atoms with Crippen molar-refractivity contribution in [2.24, 2.45) is 0 Å². The Bertz CT molecular complexity index is 384. The number of aliphatic hydroxyl groups excluding tert-OH is 2. The summed E-state index contributed by atoms with van der Waals surface area (Å²) in [5.41, 5.74) is 0.973. The first-order valence-electron chi connectivity index (χ1n) is 6.23. The summed E-state index contributed by atoms with van der Waals surface area (Å²) in [4.78, 5) is 11.6. The van der Waals surface area contributed by atoms with Crippen LogP contribution in [0.3, 0.4) is 0 Å². The zero-order valence-corrected chi connectivity index (χ0v) is 10.6. The van der Waals surface area contributed by atoms with E-state index in [1.165, 1.54) is 6.08 Å². The number of ketones is 1. The number of allylic oxidation sites excluding steroid dienone is 1. The molecular weight excluding hydrogens is 228 g/mol. The van der Waals surface area contributed by atoms with E-state index in [4.69, 9.17) is 0 Å². The lowest BCUT2D eigenvalue weighted by molar-refractivity contribution is -0.114. The smallest absolute Gasteiger partial charge is 0.159 e. The van der Waals surface area contributed by atoms with Crippen molar-refractivity contribution in [2.75, 3.05) is 0 Å². The van der Waals surface area contributed by atoms with E-state index >= 15 is 0 Å². The van der Waals surface area contributed by atoms with Gasteiger partial charge in [0.1, 0.15) is 0 Å². The van der Waals surface area contributed by atoms with Gasteiger partial charge in [-0.25, -0.2) is 0 Å². The number of benzene rings is 1. The van der Waals surface area contributed by atoms with Crippen LogP contribution in [0.5, 0.6) is 0 Å². The fraction of sp³-hybridized carbons (Fsp3) is 0.400. The summed E-state index contributed by atoms with van der Waals surface area (Å²) in [5.74, 6) is -0.000566. The molecule has 2 N–H and O–H groups in total. The molecule has 0 fully saturated rings. The van der Waals surface area contributed by atoms with Crippen molar-refractivity contribution in [3.8, 4) is 0 Å². The SMILES string of the molecule is CC[C@@H](O)C(O)C/C=C/C(=O)Cc1ccccc1. The van der Waals surface area contributed by atoms with Gasteiger partial charge < -0.3 is 10.2 Å². The molecule has 0 aromatic heterocycles. The van der Waals surface area contributed by atoms with Gasteiger partial charge in [0.25, 0.3) is 0 Å². The van der Waals surface area contributed by atoms with E-state index in [2.05, 4.69) is 0 Å². The van der Waals surface area contributed by atoms with Gasteiger partial charge in [0.15, 0.2) is 5.78 Å². The predicted molar refractivity (Wildman–Crippen MR) is 71.2 cm³/mol. The first-order valence-corrected chi connectivity index (χ1v) is 6.23. The van der Waals surface area contributed by atoms with E-state index < -0.39 is 12.2 Å². The molecule has 2 atom stereocenters. The second-order valence-electron chi connectivity index (χ2n) is 4.31. The van der Waals surface area contributed by atoms with Crippen LogP contribution in [0.4, 0.5) is 0 Å². The third-order valence-corrected chi connectivity index (χ3v) is 2.76. The maximum Gasteiger partial charge on any atom is 0.159 e. The number of hydrogen-bond donors (Lipinski definition) is 2. The van der Waals surface area contributed by atoms with Crippen LogP contribution in [0.25, 0.3) is 0 Å². The van der Waals surface area contributed by atoms with Gasteiger partial charge in [0, 0.05) is 6.42 Å². The number of hydrogen-bond acceptors (Lipinski definition) is 3. The fourth-order valence-corrected chi connectivity index (χ4v) is 1.62. The summed E-state index contributed by atoms with van der Waals surface area (Å²) in [6, 6.07) is 9.51. The molecular formula is C15H20O3. The van der Waals surface area contributed by atoms with Crippen LogP contribution in [0.15, 0.2) is 42.5 Å². The molecule has 0 heterocycles. The summed E-state index contributed by atoms with van der Waals surface area (Å²) in [6.07, 6.45) is 2.74. The van der Waals surface area contributed by atoms with E-state index in [1.54, 1.807) is 13.0 Å². The van der Waals surface area contributed by atoms with Crippen LogP contribution in [0.1, 0.15) is 25.3 Å². The van der Waals surface area contributed by atoms with E-state index in [0.717, 1.165) is 5.56 Å². The summed E-state index contributed by atoms with van der Waals surface area (Å²) in [6.45, 7) is 1.80. The molecule has 0 saturated heterocycles. The largest absolute Gasteiger partial charge is 0.390 e. The van der Waals surface area contributed by atoms with E-state index in [0.29, 0.717) is 19.3 Å². The zero-order valence-electron chi connectivity index (χ0n) is 10.6. The number of carbonyl (C=O) groups is 1. The van der Waals surface area contributed by atoms with Gasteiger partial charge in [-0.15, -0.1) is 0 Å². The third-order valence-electron chi connectivity index (χ3n) is 2.76. The molecule has 0 radical (unpaired) electrons. The average molecular weight is 248 g/mol. The highest BCUT2D eigenvalue weighted by atomic mass is 16.3. The number of rotatable bonds is 7. The molecule has 1 rings (SSSR count). The summed E-state index contributed by atoms with van der Waals surface area (Å²) >= 11 is 0. The second-order valence-corrected chi connectivity index (χ2v) is 4.31. The van der Waals surface area contributed by atoms with E-state index in [1.807, 2.05) is 30.3 Å². The zero-order chi connectivity index (χ0) is 13.4. The molecule has 98 valence electrons. The normalized spacial score (nSPS) is 14.6. The lowest BCUT2D eigenvalue weighted by Crippen LogP contribution is -2.24. The molecule has 3 nitrogen and oxygen atoms in total. The molecule has 1 aromatic carbocycles. The van der Waals surface area contributed by atoms with E-state index in [9.17, 15) is 15.0 Å². The Morgan fingerprint density at radius 3 is 2.50 bits per heavy atom. The van der Waals surface area contributed by atoms with Crippen molar-refractivity contribution in [3.05, 3.63) is 48.0 Å². The Morgan fingerprint density at radius 2 is 1.89 bits per heavy atom. The molecule has 0 bridgehead atoms. The minimum Gasteiger partial charge on any atom is -0.390 e. The number of carbonyl (C=O) groups excluding carboxylic acids is 1. The molecule has 3 heteroatoms. The van der Waals surface area contributed by atoms with Crippen molar-refractivity contribution >= 4 is 5.78 Å². The Balaban J connectivity index is 2.36. The van der Waals surface area contributed by atoms with Gasteiger partial charge >= 0.3 is 0 Å². The lowest BCUT2D eigenvalue weighted by Gasteiger charge is -2.13. The van der Waals surface area contributed by atoms with Crippen LogP contribution in [0, 0.1) is 0 Å². The molecule has 0 aliphatic carbocycles. The van der Waals surface area contributed by atoms with Crippen LogP contribution < -0.4 is 0 Å². The highest BCUT2D eigenvalue weighted by Crippen LogP contribution is 2.05. The summed E-state index contributed by atoms with van der Waals surface area (Å²) < 4.78 is 0. The van der Waals surface area contributed by atoms with Crippen molar-refractivity contribution in [1.29, 1.82) is 0 Å². The van der Waals surface area contributed by atoms with Crippen LogP contribution in [-0.2, 0) is 11.2 Å². The van der Waals surface area contributed by atoms with Crippen LogP contribution in [0.2, 0.25) is 0 Å². The van der Waals surface area contributed by atoms with Gasteiger partial charge in [0.05, 0.1) is 12.2 Å². The quantitative estimate of drug-likeness (QED) is 0.724. The first kappa shape index (κ1) is 14.6. The van der Waals surface area contributed by atoms with Crippen LogP contribution >= 0.6 is 0 Å². The Kier molecular flexibility index (Phi) is 6.33. The molecule has 1 unspecified atom stereocenters. The Labute approximate surface area is 108 Å².